The first-order valence-corrected chi connectivity index (χ1v) is 8.18. The van der Waals surface area contributed by atoms with Gasteiger partial charge in [-0.05, 0) is 37.0 Å². The van der Waals surface area contributed by atoms with Crippen molar-refractivity contribution in [2.45, 2.75) is 44.6 Å². The lowest BCUT2D eigenvalue weighted by Gasteiger charge is -2.26. The SMILES string of the molecule is CC[C@@H]1C[C@H](c2nc(Cc3c[nH]c4ncccc34)no2)CCO1. The van der Waals surface area contributed by atoms with Gasteiger partial charge < -0.3 is 14.2 Å². The highest BCUT2D eigenvalue weighted by Gasteiger charge is 2.27. The van der Waals surface area contributed by atoms with Gasteiger partial charge in [-0.15, -0.1) is 0 Å². The van der Waals surface area contributed by atoms with Crippen molar-refractivity contribution in [3.05, 3.63) is 41.8 Å². The molecule has 0 aliphatic carbocycles. The molecule has 4 rings (SSSR count). The van der Waals surface area contributed by atoms with Crippen molar-refractivity contribution < 1.29 is 9.26 Å². The maximum Gasteiger partial charge on any atom is 0.229 e. The van der Waals surface area contributed by atoms with Crippen molar-refractivity contribution in [2.24, 2.45) is 0 Å². The van der Waals surface area contributed by atoms with Crippen LogP contribution in [0.3, 0.4) is 0 Å². The summed E-state index contributed by atoms with van der Waals surface area (Å²) in [6.45, 7) is 2.92. The van der Waals surface area contributed by atoms with Gasteiger partial charge in [0.1, 0.15) is 5.65 Å². The fourth-order valence-electron chi connectivity index (χ4n) is 3.22. The number of ether oxygens (including phenoxy) is 1. The molecule has 0 aromatic carbocycles. The zero-order chi connectivity index (χ0) is 15.6. The van der Waals surface area contributed by atoms with E-state index in [1.54, 1.807) is 6.20 Å². The molecule has 2 atom stereocenters. The van der Waals surface area contributed by atoms with E-state index in [0.29, 0.717) is 18.4 Å². The van der Waals surface area contributed by atoms with Crippen LogP contribution in [-0.2, 0) is 11.2 Å². The fraction of sp³-hybridized carbons (Fsp3) is 0.471. The van der Waals surface area contributed by atoms with Gasteiger partial charge in [0.05, 0.1) is 6.10 Å². The van der Waals surface area contributed by atoms with E-state index in [4.69, 9.17) is 9.26 Å². The lowest BCUT2D eigenvalue weighted by Crippen LogP contribution is -2.24. The van der Waals surface area contributed by atoms with Gasteiger partial charge >= 0.3 is 0 Å². The summed E-state index contributed by atoms with van der Waals surface area (Å²) < 4.78 is 11.2. The van der Waals surface area contributed by atoms with Crippen LogP contribution in [0.1, 0.15) is 49.4 Å². The highest BCUT2D eigenvalue weighted by Crippen LogP contribution is 2.30. The van der Waals surface area contributed by atoms with Crippen LogP contribution < -0.4 is 0 Å². The first kappa shape index (κ1) is 14.4. The highest BCUT2D eigenvalue weighted by molar-refractivity contribution is 5.79. The van der Waals surface area contributed by atoms with E-state index in [0.717, 1.165) is 54.2 Å². The lowest BCUT2D eigenvalue weighted by atomic mass is 9.94. The molecule has 6 heteroatoms. The van der Waals surface area contributed by atoms with Gasteiger partial charge in [0, 0.05) is 36.7 Å². The van der Waals surface area contributed by atoms with E-state index in [9.17, 15) is 0 Å². The molecule has 0 unspecified atom stereocenters. The molecule has 6 nitrogen and oxygen atoms in total. The number of H-pyrrole nitrogens is 1. The zero-order valence-electron chi connectivity index (χ0n) is 13.2. The molecule has 1 aliphatic heterocycles. The summed E-state index contributed by atoms with van der Waals surface area (Å²) >= 11 is 0. The molecule has 4 heterocycles. The van der Waals surface area contributed by atoms with Crippen molar-refractivity contribution in [1.29, 1.82) is 0 Å². The van der Waals surface area contributed by atoms with Crippen molar-refractivity contribution in [1.82, 2.24) is 20.1 Å². The van der Waals surface area contributed by atoms with E-state index in [1.165, 1.54) is 0 Å². The number of nitrogens with one attached hydrogen (secondary N) is 1. The minimum atomic E-state index is 0.309. The van der Waals surface area contributed by atoms with Crippen LogP contribution in [0, 0.1) is 0 Å². The molecule has 1 N–H and O–H groups in total. The van der Waals surface area contributed by atoms with Crippen molar-refractivity contribution in [2.75, 3.05) is 6.61 Å². The summed E-state index contributed by atoms with van der Waals surface area (Å²) in [6.07, 6.45) is 7.66. The Hall–Kier alpha value is -2.21. The summed E-state index contributed by atoms with van der Waals surface area (Å²) in [7, 11) is 0. The minimum Gasteiger partial charge on any atom is -0.378 e. The lowest BCUT2D eigenvalue weighted by molar-refractivity contribution is 0.0000982. The summed E-state index contributed by atoms with van der Waals surface area (Å²) in [5.41, 5.74) is 2.03. The first-order chi connectivity index (χ1) is 11.3. The summed E-state index contributed by atoms with van der Waals surface area (Å²) in [6, 6.07) is 3.99. The smallest absolute Gasteiger partial charge is 0.229 e. The number of pyridine rings is 1. The van der Waals surface area contributed by atoms with E-state index in [1.807, 2.05) is 12.3 Å². The van der Waals surface area contributed by atoms with Crippen LogP contribution in [0.4, 0.5) is 0 Å². The van der Waals surface area contributed by atoms with E-state index >= 15 is 0 Å². The van der Waals surface area contributed by atoms with Gasteiger partial charge in [-0.1, -0.05) is 12.1 Å². The third-order valence-corrected chi connectivity index (χ3v) is 4.54. The van der Waals surface area contributed by atoms with E-state index in [2.05, 4.69) is 33.1 Å². The molecule has 0 bridgehead atoms. The Morgan fingerprint density at radius 2 is 2.35 bits per heavy atom. The molecule has 1 aliphatic rings. The second-order valence-corrected chi connectivity index (χ2v) is 6.06. The summed E-state index contributed by atoms with van der Waals surface area (Å²) in [5.74, 6) is 1.79. The third kappa shape index (κ3) is 2.86. The third-order valence-electron chi connectivity index (χ3n) is 4.54. The minimum absolute atomic E-state index is 0.309. The van der Waals surface area contributed by atoms with Crippen LogP contribution in [-0.4, -0.2) is 32.8 Å². The maximum absolute atomic E-state index is 5.72. The standard InChI is InChI=1S/C17H20N4O2/c1-2-13-8-11(5-7-22-13)17-20-15(21-23-17)9-12-10-19-16-14(12)4-3-6-18-16/h3-4,6,10-11,13H,2,5,7-9H2,1H3,(H,18,19)/t11-,13-/m1/s1. The molecular formula is C17H20N4O2. The Kier molecular flexibility index (Phi) is 3.83. The molecule has 0 spiro atoms. The van der Waals surface area contributed by atoms with Crippen LogP contribution in [0.5, 0.6) is 0 Å². The predicted octanol–water partition coefficient (Wildman–Crippen LogP) is 3.21. The molecule has 120 valence electrons. The largest absolute Gasteiger partial charge is 0.378 e. The Morgan fingerprint density at radius 3 is 3.26 bits per heavy atom. The number of nitrogens with zero attached hydrogens (tertiary/aromatic N) is 3. The van der Waals surface area contributed by atoms with E-state index < -0.39 is 0 Å². The van der Waals surface area contributed by atoms with Gasteiger partial charge in [0.15, 0.2) is 5.82 Å². The first-order valence-electron chi connectivity index (χ1n) is 8.18. The fourth-order valence-corrected chi connectivity index (χ4v) is 3.22. The zero-order valence-corrected chi connectivity index (χ0v) is 13.2. The average molecular weight is 312 g/mol. The quantitative estimate of drug-likeness (QED) is 0.800. The Morgan fingerprint density at radius 1 is 1.39 bits per heavy atom. The van der Waals surface area contributed by atoms with Crippen molar-refractivity contribution >= 4 is 11.0 Å². The Bertz CT molecular complexity index is 795. The number of aromatic amines is 1. The number of hydrogen-bond acceptors (Lipinski definition) is 5. The van der Waals surface area contributed by atoms with Gasteiger partial charge in [-0.25, -0.2) is 4.98 Å². The molecule has 3 aromatic heterocycles. The van der Waals surface area contributed by atoms with Crippen LogP contribution in [0.2, 0.25) is 0 Å². The molecule has 0 saturated carbocycles. The predicted molar refractivity (Wildman–Crippen MR) is 85.2 cm³/mol. The molecule has 23 heavy (non-hydrogen) atoms. The Balaban J connectivity index is 1.52. The molecular weight excluding hydrogens is 292 g/mol. The average Bonchev–Trinajstić information content (AvgIpc) is 3.23. The highest BCUT2D eigenvalue weighted by atomic mass is 16.5. The number of aromatic nitrogens is 4. The number of hydrogen-bond donors (Lipinski definition) is 1. The topological polar surface area (TPSA) is 76.8 Å². The van der Waals surface area contributed by atoms with Gasteiger partial charge in [0.25, 0.3) is 0 Å². The van der Waals surface area contributed by atoms with Crippen LogP contribution in [0.15, 0.2) is 29.0 Å². The normalized spacial score (nSPS) is 21.8. The number of rotatable bonds is 4. The second kappa shape index (κ2) is 6.12. The summed E-state index contributed by atoms with van der Waals surface area (Å²) in [5, 5.41) is 5.27. The monoisotopic (exact) mass is 312 g/mol. The van der Waals surface area contributed by atoms with Crippen molar-refractivity contribution in [3.8, 4) is 0 Å². The molecule has 0 amide bonds. The van der Waals surface area contributed by atoms with Crippen LogP contribution in [0.25, 0.3) is 11.0 Å². The molecule has 1 saturated heterocycles. The molecule has 1 fully saturated rings. The van der Waals surface area contributed by atoms with Crippen molar-refractivity contribution in [3.63, 3.8) is 0 Å². The van der Waals surface area contributed by atoms with Gasteiger partial charge in [0.2, 0.25) is 5.89 Å². The van der Waals surface area contributed by atoms with Gasteiger partial charge in [-0.3, -0.25) is 0 Å². The second-order valence-electron chi connectivity index (χ2n) is 6.06. The van der Waals surface area contributed by atoms with Crippen LogP contribution >= 0.6 is 0 Å². The number of fused-ring (bicyclic) bond motifs is 1. The van der Waals surface area contributed by atoms with Gasteiger partial charge in [-0.2, -0.15) is 4.98 Å². The Labute approximate surface area is 134 Å². The molecule has 3 aromatic rings. The van der Waals surface area contributed by atoms with E-state index in [-0.39, 0.29) is 0 Å². The maximum atomic E-state index is 5.72. The summed E-state index contributed by atoms with van der Waals surface area (Å²) in [4.78, 5) is 12.1. The molecule has 0 radical (unpaired) electrons.